The molecule has 2 N–H and O–H groups in total. The molecule has 0 bridgehead atoms. The number of carboxylic acid groups (broad SMARTS) is 1. The number of urea groups is 1. The Morgan fingerprint density at radius 3 is 2.71 bits per heavy atom. The molecule has 1 fully saturated rings. The molecule has 6 heteroatoms. The predicted molar refractivity (Wildman–Crippen MR) is 89.8 cm³/mol. The Bertz CT molecular complexity index is 797. The molecule has 1 aromatic heterocycles. The van der Waals surface area contributed by atoms with Gasteiger partial charge in [0.1, 0.15) is 11.3 Å². The number of carbonyl (C=O) groups is 2. The third-order valence-electron chi connectivity index (χ3n) is 4.89. The van der Waals surface area contributed by atoms with E-state index in [4.69, 9.17) is 4.42 Å². The maximum Gasteiger partial charge on any atom is 0.318 e. The summed E-state index contributed by atoms with van der Waals surface area (Å²) in [6.45, 7) is 6.19. The molecule has 1 aliphatic heterocycles. The van der Waals surface area contributed by atoms with Crippen LogP contribution in [0.2, 0.25) is 0 Å². The van der Waals surface area contributed by atoms with Gasteiger partial charge in [-0.2, -0.15) is 0 Å². The van der Waals surface area contributed by atoms with Crippen molar-refractivity contribution in [1.29, 1.82) is 0 Å². The van der Waals surface area contributed by atoms with Crippen molar-refractivity contribution in [3.63, 3.8) is 0 Å². The van der Waals surface area contributed by atoms with Gasteiger partial charge in [-0.15, -0.1) is 0 Å². The van der Waals surface area contributed by atoms with Gasteiger partial charge in [0.15, 0.2) is 0 Å². The van der Waals surface area contributed by atoms with Crippen LogP contribution >= 0.6 is 0 Å². The number of likely N-dealkylation sites (tertiary alicyclic amines) is 1. The van der Waals surface area contributed by atoms with Crippen LogP contribution in [0, 0.1) is 12.3 Å². The van der Waals surface area contributed by atoms with E-state index in [2.05, 4.69) is 5.32 Å². The van der Waals surface area contributed by atoms with Crippen LogP contribution in [-0.2, 0) is 4.79 Å². The molecule has 2 amide bonds. The molecular formula is C18H22N2O4. The number of nitrogens with zero attached hydrogens (tertiary/aromatic N) is 1. The Labute approximate surface area is 140 Å². The highest BCUT2D eigenvalue weighted by Crippen LogP contribution is 2.32. The molecule has 2 heterocycles. The molecule has 6 nitrogen and oxygen atoms in total. The first-order valence-electron chi connectivity index (χ1n) is 8.09. The fourth-order valence-corrected chi connectivity index (χ4v) is 3.26. The fourth-order valence-electron chi connectivity index (χ4n) is 3.26. The first-order chi connectivity index (χ1) is 11.3. The average Bonchev–Trinajstić information content (AvgIpc) is 3.10. The lowest BCUT2D eigenvalue weighted by Gasteiger charge is -2.22. The Balaban J connectivity index is 1.72. The second-order valence-electron chi connectivity index (χ2n) is 6.80. The molecule has 2 atom stereocenters. The number of benzene rings is 1. The molecule has 1 aromatic carbocycles. The van der Waals surface area contributed by atoms with Gasteiger partial charge in [-0.1, -0.05) is 18.2 Å². The monoisotopic (exact) mass is 330 g/mol. The number of nitrogens with one attached hydrogen (secondary N) is 1. The van der Waals surface area contributed by atoms with E-state index in [0.717, 1.165) is 22.3 Å². The normalized spacial score (nSPS) is 21.9. The Kier molecular flexibility index (Phi) is 3.99. The molecular weight excluding hydrogens is 308 g/mol. The average molecular weight is 330 g/mol. The maximum atomic E-state index is 12.4. The summed E-state index contributed by atoms with van der Waals surface area (Å²) in [6, 6.07) is 7.21. The van der Waals surface area contributed by atoms with Crippen molar-refractivity contribution >= 4 is 23.0 Å². The number of aryl methyl sites for hydroxylation is 1. The number of hydrogen-bond donors (Lipinski definition) is 2. The molecule has 0 saturated carbocycles. The zero-order valence-corrected chi connectivity index (χ0v) is 14.1. The highest BCUT2D eigenvalue weighted by molar-refractivity contribution is 5.83. The quantitative estimate of drug-likeness (QED) is 0.904. The Morgan fingerprint density at radius 2 is 2.08 bits per heavy atom. The number of rotatable bonds is 3. The van der Waals surface area contributed by atoms with E-state index < -0.39 is 11.4 Å². The number of para-hydroxylation sites is 1. The minimum atomic E-state index is -0.865. The second-order valence-corrected chi connectivity index (χ2v) is 6.80. The van der Waals surface area contributed by atoms with Gasteiger partial charge in [-0.3, -0.25) is 4.79 Å². The summed E-state index contributed by atoms with van der Waals surface area (Å²) in [6.07, 6.45) is 0.466. The standard InChI is InChI=1S/C18H22N2O4/c1-11-13-6-4-5-7-14(13)24-15(11)12(2)19-17(23)20-9-8-18(3,10-20)16(21)22/h4-7,12H,8-10H2,1-3H3,(H,19,23)(H,21,22)/t12-,18?/m0/s1. The number of hydrogen-bond acceptors (Lipinski definition) is 3. The SMILES string of the molecule is Cc1c([C@H](C)NC(=O)N2CCC(C)(C(=O)O)C2)oc2ccccc12. The van der Waals surface area contributed by atoms with Crippen LogP contribution in [0.5, 0.6) is 0 Å². The van der Waals surface area contributed by atoms with Gasteiger partial charge in [0.2, 0.25) is 0 Å². The highest BCUT2D eigenvalue weighted by Gasteiger charge is 2.42. The molecule has 0 spiro atoms. The van der Waals surface area contributed by atoms with Crippen LogP contribution in [0.3, 0.4) is 0 Å². The van der Waals surface area contributed by atoms with Crippen molar-refractivity contribution in [3.05, 3.63) is 35.6 Å². The summed E-state index contributed by atoms with van der Waals surface area (Å²) < 4.78 is 5.88. The summed E-state index contributed by atoms with van der Waals surface area (Å²) in [7, 11) is 0. The lowest BCUT2D eigenvalue weighted by atomic mass is 9.90. The lowest BCUT2D eigenvalue weighted by molar-refractivity contribution is -0.147. The highest BCUT2D eigenvalue weighted by atomic mass is 16.4. The molecule has 0 aliphatic carbocycles. The van der Waals surface area contributed by atoms with Crippen LogP contribution in [0.4, 0.5) is 4.79 Å². The molecule has 0 radical (unpaired) electrons. The van der Waals surface area contributed by atoms with Crippen molar-refractivity contribution in [3.8, 4) is 0 Å². The van der Waals surface area contributed by atoms with Crippen molar-refractivity contribution in [1.82, 2.24) is 10.2 Å². The van der Waals surface area contributed by atoms with E-state index in [9.17, 15) is 14.7 Å². The van der Waals surface area contributed by atoms with E-state index in [1.165, 1.54) is 0 Å². The topological polar surface area (TPSA) is 82.8 Å². The molecule has 24 heavy (non-hydrogen) atoms. The predicted octanol–water partition coefficient (Wildman–Crippen LogP) is 3.31. The number of carboxylic acids is 1. The van der Waals surface area contributed by atoms with Gasteiger partial charge >= 0.3 is 12.0 Å². The first-order valence-corrected chi connectivity index (χ1v) is 8.09. The van der Waals surface area contributed by atoms with Gasteiger partial charge in [0, 0.05) is 24.0 Å². The number of carbonyl (C=O) groups excluding carboxylic acids is 1. The van der Waals surface area contributed by atoms with Crippen LogP contribution in [0.15, 0.2) is 28.7 Å². The van der Waals surface area contributed by atoms with E-state index >= 15 is 0 Å². The second kappa shape index (κ2) is 5.85. The van der Waals surface area contributed by atoms with Crippen LogP contribution < -0.4 is 5.32 Å². The minimum absolute atomic E-state index is 0.222. The van der Waals surface area contributed by atoms with Crippen LogP contribution in [-0.4, -0.2) is 35.1 Å². The number of furan rings is 1. The minimum Gasteiger partial charge on any atom is -0.481 e. The molecule has 128 valence electrons. The van der Waals surface area contributed by atoms with Crippen LogP contribution in [0.1, 0.15) is 37.6 Å². The summed E-state index contributed by atoms with van der Waals surface area (Å²) >= 11 is 0. The zero-order valence-electron chi connectivity index (χ0n) is 14.1. The summed E-state index contributed by atoms with van der Waals surface area (Å²) in [4.78, 5) is 25.3. The lowest BCUT2D eigenvalue weighted by Crippen LogP contribution is -2.41. The molecule has 3 rings (SSSR count). The summed E-state index contributed by atoms with van der Waals surface area (Å²) in [5, 5.41) is 13.2. The van der Waals surface area contributed by atoms with Crippen LogP contribution in [0.25, 0.3) is 11.0 Å². The van der Waals surface area contributed by atoms with Gasteiger partial charge in [0.25, 0.3) is 0 Å². The van der Waals surface area contributed by atoms with Crippen molar-refractivity contribution in [2.45, 2.75) is 33.2 Å². The van der Waals surface area contributed by atoms with E-state index in [-0.39, 0.29) is 18.6 Å². The zero-order chi connectivity index (χ0) is 17.5. The number of aliphatic carboxylic acids is 1. The Morgan fingerprint density at radius 1 is 1.38 bits per heavy atom. The summed E-state index contributed by atoms with van der Waals surface area (Å²) in [5.74, 6) is -0.135. The van der Waals surface area contributed by atoms with Crippen molar-refractivity contribution < 1.29 is 19.1 Å². The van der Waals surface area contributed by atoms with E-state index in [1.807, 2.05) is 38.1 Å². The van der Waals surface area contributed by atoms with Crippen molar-refractivity contribution in [2.75, 3.05) is 13.1 Å². The number of fused-ring (bicyclic) bond motifs is 1. The van der Waals surface area contributed by atoms with Gasteiger partial charge < -0.3 is 19.7 Å². The molecule has 1 saturated heterocycles. The van der Waals surface area contributed by atoms with E-state index in [1.54, 1.807) is 11.8 Å². The largest absolute Gasteiger partial charge is 0.481 e. The Hall–Kier alpha value is -2.50. The summed E-state index contributed by atoms with van der Waals surface area (Å²) in [5.41, 5.74) is 0.941. The molecule has 1 unspecified atom stereocenters. The third-order valence-corrected chi connectivity index (χ3v) is 4.89. The van der Waals surface area contributed by atoms with Gasteiger partial charge in [-0.05, 0) is 33.3 Å². The third kappa shape index (κ3) is 2.72. The van der Waals surface area contributed by atoms with Gasteiger partial charge in [0.05, 0.1) is 11.5 Å². The number of amides is 2. The fraction of sp³-hybridized carbons (Fsp3) is 0.444. The van der Waals surface area contributed by atoms with Crippen molar-refractivity contribution in [2.24, 2.45) is 5.41 Å². The first kappa shape index (κ1) is 16.4. The molecule has 1 aliphatic rings. The smallest absolute Gasteiger partial charge is 0.318 e. The molecule has 2 aromatic rings. The van der Waals surface area contributed by atoms with Gasteiger partial charge in [-0.25, -0.2) is 4.79 Å². The van der Waals surface area contributed by atoms with E-state index in [0.29, 0.717) is 13.0 Å². The maximum absolute atomic E-state index is 12.4.